The Morgan fingerprint density at radius 2 is 1.71 bits per heavy atom. The van der Waals surface area contributed by atoms with Gasteiger partial charge in [-0.15, -0.1) is 0 Å². The molecule has 2 aliphatic rings. The summed E-state index contributed by atoms with van der Waals surface area (Å²) >= 11 is 6.62. The number of hydrogen-bond acceptors (Lipinski definition) is 5. The molecule has 0 bridgehead atoms. The Balaban J connectivity index is 1.29. The number of halogens is 1. The predicted octanol–water partition coefficient (Wildman–Crippen LogP) is 6.26. The molecule has 6 heteroatoms. The second-order valence-electron chi connectivity index (χ2n) is 8.84. The topological polar surface area (TPSA) is 51.9 Å². The lowest BCUT2D eigenvalue weighted by Crippen LogP contribution is -2.32. The van der Waals surface area contributed by atoms with Gasteiger partial charge in [-0.05, 0) is 67.1 Å². The van der Waals surface area contributed by atoms with Crippen LogP contribution < -0.4 is 20.0 Å². The maximum atomic E-state index is 12.7. The zero-order valence-corrected chi connectivity index (χ0v) is 19.4. The Morgan fingerprint density at radius 1 is 0.941 bits per heavy atom. The Bertz CT molecular complexity index is 1410. The fourth-order valence-electron chi connectivity index (χ4n) is 4.93. The van der Waals surface area contributed by atoms with Gasteiger partial charge in [-0.3, -0.25) is 0 Å². The van der Waals surface area contributed by atoms with Gasteiger partial charge in [0.05, 0.1) is 17.1 Å². The summed E-state index contributed by atoms with van der Waals surface area (Å²) in [6.45, 7) is 1.42. The van der Waals surface area contributed by atoms with Crippen LogP contribution in [-0.4, -0.2) is 6.73 Å². The molecule has 0 spiro atoms. The Kier molecular flexibility index (Phi) is 5.42. The summed E-state index contributed by atoms with van der Waals surface area (Å²) < 4.78 is 17.8. The molecule has 0 N–H and O–H groups in total. The van der Waals surface area contributed by atoms with E-state index in [1.807, 2.05) is 60.7 Å². The molecule has 0 radical (unpaired) electrons. The van der Waals surface area contributed by atoms with Crippen molar-refractivity contribution in [1.82, 2.24) is 0 Å². The number of fused-ring (bicyclic) bond motifs is 5. The average Bonchev–Trinajstić information content (AvgIpc) is 2.89. The molecule has 34 heavy (non-hydrogen) atoms. The smallest absolute Gasteiger partial charge is 0.339 e. The number of ether oxygens (including phenoxy) is 2. The molecule has 3 aromatic carbocycles. The largest absolute Gasteiger partial charge is 0.489 e. The third kappa shape index (κ3) is 3.80. The van der Waals surface area contributed by atoms with E-state index in [1.165, 1.54) is 0 Å². The summed E-state index contributed by atoms with van der Waals surface area (Å²) in [5, 5.41) is 1.50. The first-order valence-corrected chi connectivity index (χ1v) is 12.0. The molecule has 0 fully saturated rings. The minimum Gasteiger partial charge on any atom is -0.489 e. The van der Waals surface area contributed by atoms with E-state index in [0.29, 0.717) is 36.2 Å². The average molecular weight is 474 g/mol. The maximum absolute atomic E-state index is 12.7. The minimum atomic E-state index is -0.233. The summed E-state index contributed by atoms with van der Waals surface area (Å²) in [7, 11) is 0. The highest BCUT2D eigenvalue weighted by molar-refractivity contribution is 6.33. The van der Waals surface area contributed by atoms with Gasteiger partial charge in [0.1, 0.15) is 23.7 Å². The van der Waals surface area contributed by atoms with Crippen molar-refractivity contribution in [3.05, 3.63) is 98.4 Å². The van der Waals surface area contributed by atoms with Crippen molar-refractivity contribution >= 4 is 28.3 Å². The van der Waals surface area contributed by atoms with Gasteiger partial charge in [-0.1, -0.05) is 41.9 Å². The highest BCUT2D eigenvalue weighted by atomic mass is 35.5. The first kappa shape index (κ1) is 21.1. The van der Waals surface area contributed by atoms with E-state index in [2.05, 4.69) is 4.90 Å². The van der Waals surface area contributed by atoms with Crippen LogP contribution >= 0.6 is 11.6 Å². The second-order valence-corrected chi connectivity index (χ2v) is 9.24. The van der Waals surface area contributed by atoms with E-state index in [9.17, 15) is 4.79 Å². The molecule has 0 saturated heterocycles. The highest BCUT2D eigenvalue weighted by Crippen LogP contribution is 2.41. The summed E-state index contributed by atoms with van der Waals surface area (Å²) in [5.74, 6) is 1.41. The van der Waals surface area contributed by atoms with Gasteiger partial charge in [0.2, 0.25) is 0 Å². The molecule has 0 saturated carbocycles. The zero-order valence-electron chi connectivity index (χ0n) is 18.7. The van der Waals surface area contributed by atoms with Crippen LogP contribution in [0.25, 0.3) is 11.0 Å². The molecule has 0 unspecified atom stereocenters. The molecule has 2 heterocycles. The lowest BCUT2D eigenvalue weighted by molar-refractivity contribution is 0.288. The van der Waals surface area contributed by atoms with Crippen molar-refractivity contribution in [1.29, 1.82) is 0 Å². The summed E-state index contributed by atoms with van der Waals surface area (Å²) in [4.78, 5) is 14.8. The van der Waals surface area contributed by atoms with Crippen LogP contribution in [0.5, 0.6) is 11.5 Å². The fraction of sp³-hybridized carbons (Fsp3) is 0.250. The van der Waals surface area contributed by atoms with Crippen molar-refractivity contribution in [2.75, 3.05) is 11.6 Å². The lowest BCUT2D eigenvalue weighted by Gasteiger charge is -2.32. The number of benzene rings is 3. The van der Waals surface area contributed by atoms with E-state index >= 15 is 0 Å². The van der Waals surface area contributed by atoms with Crippen LogP contribution in [0.2, 0.25) is 5.02 Å². The molecule has 0 atom stereocenters. The Labute approximate surface area is 202 Å². The molecule has 6 rings (SSSR count). The number of aryl methyl sites for hydroxylation is 1. The first-order valence-electron chi connectivity index (χ1n) is 11.6. The molecule has 1 aliphatic carbocycles. The SMILES string of the molecule is O=c1oc2c3c(c(Cl)cc2c2c1CCCC2)OCN(c1ccc(OCc2ccccc2)cc1)C3. The second kappa shape index (κ2) is 8.73. The van der Waals surface area contributed by atoms with Gasteiger partial charge in [0.15, 0.2) is 6.73 Å². The van der Waals surface area contributed by atoms with Crippen LogP contribution in [0.15, 0.2) is 69.9 Å². The van der Waals surface area contributed by atoms with E-state index in [1.54, 1.807) is 0 Å². The van der Waals surface area contributed by atoms with Crippen molar-refractivity contribution in [2.24, 2.45) is 0 Å². The van der Waals surface area contributed by atoms with Gasteiger partial charge in [0.25, 0.3) is 0 Å². The maximum Gasteiger partial charge on any atom is 0.339 e. The third-order valence-electron chi connectivity index (χ3n) is 6.68. The van der Waals surface area contributed by atoms with Crippen molar-refractivity contribution < 1.29 is 13.9 Å². The predicted molar refractivity (Wildman–Crippen MR) is 133 cm³/mol. The number of nitrogens with zero attached hydrogens (tertiary/aromatic N) is 1. The van der Waals surface area contributed by atoms with Gasteiger partial charge in [0, 0.05) is 16.6 Å². The number of hydrogen-bond donors (Lipinski definition) is 0. The van der Waals surface area contributed by atoms with Crippen LogP contribution in [0, 0.1) is 0 Å². The normalized spacial score (nSPS) is 14.9. The van der Waals surface area contributed by atoms with E-state index in [4.69, 9.17) is 25.5 Å². The van der Waals surface area contributed by atoms with E-state index < -0.39 is 0 Å². The molecule has 1 aromatic heterocycles. The van der Waals surface area contributed by atoms with Crippen molar-refractivity contribution in [3.63, 3.8) is 0 Å². The van der Waals surface area contributed by atoms with Crippen molar-refractivity contribution in [2.45, 2.75) is 38.8 Å². The number of anilines is 1. The standard InChI is InChI=1S/C28H24ClNO4/c29-25-14-23-21-8-4-5-9-22(21)28(31)34-26(23)24-15-30(17-33-27(24)25)19-10-12-20(13-11-19)32-16-18-6-2-1-3-7-18/h1-3,6-7,10-14H,4-5,8-9,15-17H2. The summed E-state index contributed by atoms with van der Waals surface area (Å²) in [5.41, 5.74) is 5.19. The van der Waals surface area contributed by atoms with Crippen LogP contribution in [0.4, 0.5) is 5.69 Å². The van der Waals surface area contributed by atoms with E-state index in [-0.39, 0.29) is 5.63 Å². The molecule has 172 valence electrons. The van der Waals surface area contributed by atoms with Crippen molar-refractivity contribution in [3.8, 4) is 11.5 Å². The highest BCUT2D eigenvalue weighted by Gasteiger charge is 2.27. The first-order chi connectivity index (χ1) is 16.7. The molecule has 4 aromatic rings. The quantitative estimate of drug-likeness (QED) is 0.327. The van der Waals surface area contributed by atoms with Gasteiger partial charge < -0.3 is 18.8 Å². The molecular weight excluding hydrogens is 450 g/mol. The summed E-state index contributed by atoms with van der Waals surface area (Å²) in [6.07, 6.45) is 3.73. The summed E-state index contributed by atoms with van der Waals surface area (Å²) in [6, 6.07) is 19.9. The molecule has 1 aliphatic heterocycles. The number of rotatable bonds is 4. The Hall–Kier alpha value is -3.44. The molecule has 5 nitrogen and oxygen atoms in total. The minimum absolute atomic E-state index is 0.233. The molecule has 0 amide bonds. The zero-order chi connectivity index (χ0) is 23.1. The monoisotopic (exact) mass is 473 g/mol. The Morgan fingerprint density at radius 3 is 2.50 bits per heavy atom. The van der Waals surface area contributed by atoms with Gasteiger partial charge >= 0.3 is 5.63 Å². The van der Waals surface area contributed by atoms with E-state index in [0.717, 1.165) is 64.8 Å². The van der Waals surface area contributed by atoms with Crippen LogP contribution in [-0.2, 0) is 26.0 Å². The van der Waals surface area contributed by atoms with Gasteiger partial charge in [-0.25, -0.2) is 4.79 Å². The van der Waals surface area contributed by atoms with Crippen LogP contribution in [0.3, 0.4) is 0 Å². The lowest BCUT2D eigenvalue weighted by atomic mass is 9.90. The van der Waals surface area contributed by atoms with Gasteiger partial charge in [-0.2, -0.15) is 0 Å². The molecular formula is C28H24ClNO4. The van der Waals surface area contributed by atoms with Crippen LogP contribution in [0.1, 0.15) is 35.1 Å². The fourth-order valence-corrected chi connectivity index (χ4v) is 5.21. The third-order valence-corrected chi connectivity index (χ3v) is 6.96.